The Morgan fingerprint density at radius 2 is 1.07 bits per heavy atom. The molecule has 1 heterocycles. The van der Waals surface area contributed by atoms with Gasteiger partial charge < -0.3 is 9.32 Å². The molecule has 0 bridgehead atoms. The molecule has 8 aliphatic rings. The standard InChI is InChI=1S/C103H103NO/c1-13-15-17-19-29-54-103(55-30-20-18-16-14-2)82-40-27-23-36-71(82)74-49-44-66(57-87(74)103)65-43-48-72-73-50-45-67(58-84(73)99(5,6)83(72)56-65)80-61-88-92(94-78-38-25-28-41-89(78)105-98(80)94)77-53-47-68(59-85(77)100(88,7)8)104(97-62(3)32-31-33-63(97)4)69-46-52-76-86(60-69)102(11,12)95-91(76)79-51-42-64-34-21-22-35-70(64)90(79)93-75-37-24-26-39-81(75)101(9,10)96(93)95/h21-28,31-41,43,45-47,50,52-53,56-61,72H,13-20,29-30,42,44,48-49,51,54-55H2,1-12H3. The number of fused-ring (bicyclic) bond motifs is 24. The van der Waals surface area contributed by atoms with E-state index in [0.717, 1.165) is 43.3 Å². The van der Waals surface area contributed by atoms with Crippen LogP contribution in [0.4, 0.5) is 17.1 Å². The lowest BCUT2D eigenvalue weighted by Crippen LogP contribution is -2.27. The molecule has 10 aromatic carbocycles. The van der Waals surface area contributed by atoms with Gasteiger partial charge in [-0.25, -0.2) is 0 Å². The zero-order chi connectivity index (χ0) is 71.8. The molecule has 2 nitrogen and oxygen atoms in total. The fourth-order valence-electron chi connectivity index (χ4n) is 22.6. The van der Waals surface area contributed by atoms with Crippen molar-refractivity contribution in [1.82, 2.24) is 0 Å². The molecule has 105 heavy (non-hydrogen) atoms. The zero-order valence-corrected chi connectivity index (χ0v) is 64.4. The predicted octanol–water partition coefficient (Wildman–Crippen LogP) is 28.8. The second kappa shape index (κ2) is 24.4. The lowest BCUT2D eigenvalue weighted by Gasteiger charge is -2.35. The number of benzene rings is 10. The molecule has 1 aromatic heterocycles. The summed E-state index contributed by atoms with van der Waals surface area (Å²) in [5, 5.41) is 2.40. The van der Waals surface area contributed by atoms with Crippen molar-refractivity contribution >= 4 is 44.6 Å². The summed E-state index contributed by atoms with van der Waals surface area (Å²) in [4.78, 5) is 2.61. The van der Waals surface area contributed by atoms with Gasteiger partial charge in [-0.15, -0.1) is 0 Å². The summed E-state index contributed by atoms with van der Waals surface area (Å²) < 4.78 is 7.27. The third-order valence-electron chi connectivity index (χ3n) is 27.8. The Kier molecular flexibility index (Phi) is 15.4. The molecule has 11 aromatic rings. The second-order valence-electron chi connectivity index (χ2n) is 35.1. The monoisotopic (exact) mass is 1370 g/mol. The highest BCUT2D eigenvalue weighted by molar-refractivity contribution is 6.19. The van der Waals surface area contributed by atoms with E-state index in [1.165, 1.54) is 233 Å². The number of rotatable bonds is 17. The summed E-state index contributed by atoms with van der Waals surface area (Å²) in [6.07, 6.45) is 29.2. The van der Waals surface area contributed by atoms with Crippen LogP contribution in [-0.4, -0.2) is 0 Å². The fourth-order valence-corrected chi connectivity index (χ4v) is 22.6. The number of furan rings is 1. The van der Waals surface area contributed by atoms with Gasteiger partial charge in [0, 0.05) is 60.7 Å². The second-order valence-corrected chi connectivity index (χ2v) is 35.1. The Bertz CT molecular complexity index is 5620. The summed E-state index contributed by atoms with van der Waals surface area (Å²) in [6.45, 7) is 29.4. The maximum atomic E-state index is 7.27. The van der Waals surface area contributed by atoms with Crippen molar-refractivity contribution in [3.05, 3.63) is 294 Å². The predicted molar refractivity (Wildman–Crippen MR) is 445 cm³/mol. The van der Waals surface area contributed by atoms with Gasteiger partial charge in [0.25, 0.3) is 0 Å². The number of aryl methyl sites for hydroxylation is 3. The van der Waals surface area contributed by atoms with Crippen molar-refractivity contribution in [1.29, 1.82) is 0 Å². The number of hydrogen-bond donors (Lipinski definition) is 0. The van der Waals surface area contributed by atoms with Crippen LogP contribution in [-0.2, 0) is 39.9 Å². The first-order valence-corrected chi connectivity index (χ1v) is 40.5. The number of para-hydroxylation sites is 2. The molecular formula is C103H103NO. The largest absolute Gasteiger partial charge is 0.455 e. The first-order chi connectivity index (χ1) is 50.9. The Morgan fingerprint density at radius 3 is 1.80 bits per heavy atom. The Hall–Kier alpha value is -9.24. The third kappa shape index (κ3) is 9.64. The van der Waals surface area contributed by atoms with E-state index in [1.54, 1.807) is 33.4 Å². The van der Waals surface area contributed by atoms with E-state index in [2.05, 4.69) is 282 Å². The van der Waals surface area contributed by atoms with Crippen molar-refractivity contribution in [3.63, 3.8) is 0 Å². The average molecular weight is 1370 g/mol. The molecule has 0 radical (unpaired) electrons. The Morgan fingerprint density at radius 1 is 0.448 bits per heavy atom. The highest BCUT2D eigenvalue weighted by atomic mass is 16.3. The summed E-state index contributed by atoms with van der Waals surface area (Å²) in [7, 11) is 0. The highest BCUT2D eigenvalue weighted by Crippen LogP contribution is 2.66. The molecule has 1 unspecified atom stereocenters. The van der Waals surface area contributed by atoms with Crippen LogP contribution in [0.1, 0.15) is 249 Å². The maximum Gasteiger partial charge on any atom is 0.143 e. The van der Waals surface area contributed by atoms with Crippen LogP contribution in [0.2, 0.25) is 0 Å². The van der Waals surface area contributed by atoms with Gasteiger partial charge >= 0.3 is 0 Å². The van der Waals surface area contributed by atoms with Gasteiger partial charge in [-0.2, -0.15) is 0 Å². The van der Waals surface area contributed by atoms with Gasteiger partial charge in [0.1, 0.15) is 11.2 Å². The minimum absolute atomic E-state index is 0.102. The first kappa shape index (κ1) is 66.4. The molecule has 0 amide bonds. The van der Waals surface area contributed by atoms with Gasteiger partial charge in [-0.1, -0.05) is 291 Å². The van der Waals surface area contributed by atoms with E-state index in [4.69, 9.17) is 4.42 Å². The van der Waals surface area contributed by atoms with E-state index in [0.29, 0.717) is 5.92 Å². The molecule has 526 valence electrons. The molecule has 0 N–H and O–H groups in total. The van der Waals surface area contributed by atoms with Crippen LogP contribution in [0.3, 0.4) is 0 Å². The maximum absolute atomic E-state index is 7.27. The summed E-state index contributed by atoms with van der Waals surface area (Å²) in [6, 6.07) is 69.0. The molecule has 0 spiro atoms. The van der Waals surface area contributed by atoms with Crippen LogP contribution in [0.15, 0.2) is 221 Å². The fraction of sp³-hybridized carbons (Fsp3) is 0.340. The molecule has 0 fully saturated rings. The Balaban J connectivity index is 0.694. The summed E-state index contributed by atoms with van der Waals surface area (Å²) in [5.41, 5.74) is 46.4. The summed E-state index contributed by atoms with van der Waals surface area (Å²) >= 11 is 0. The van der Waals surface area contributed by atoms with Crippen molar-refractivity contribution < 1.29 is 4.42 Å². The molecule has 2 heteroatoms. The smallest absolute Gasteiger partial charge is 0.143 e. The molecule has 0 saturated heterocycles. The normalized spacial score (nSPS) is 18.4. The topological polar surface area (TPSA) is 16.4 Å². The lowest BCUT2D eigenvalue weighted by molar-refractivity contribution is 0.395. The van der Waals surface area contributed by atoms with Crippen molar-refractivity contribution in [2.24, 2.45) is 0 Å². The highest BCUT2D eigenvalue weighted by Gasteiger charge is 2.51. The van der Waals surface area contributed by atoms with Crippen LogP contribution >= 0.6 is 0 Å². The quantitative estimate of drug-likeness (QED) is 0.0845. The molecule has 0 aliphatic heterocycles. The van der Waals surface area contributed by atoms with Crippen molar-refractivity contribution in [3.8, 4) is 55.6 Å². The molecular weight excluding hydrogens is 1270 g/mol. The van der Waals surface area contributed by atoms with Crippen molar-refractivity contribution in [2.45, 2.75) is 225 Å². The van der Waals surface area contributed by atoms with Crippen molar-refractivity contribution in [2.75, 3.05) is 4.90 Å². The molecule has 1 atom stereocenters. The SMILES string of the molecule is CCCCCCCC1(CCCCCCC)C2=C(CCC(C3=CCC4C(=C3)C(C)(C)c3cc(-c5cc6c(c7c5oc5ccccc57)-c5ccc(N(c7ccc8c(c7)C(C)(C)c7c-8c8c(c9c7C(C)(C)c7ccccc7-9)-c7ccccc7CC8)c7c(C)cccc7C)cc5C6(C)C)ccc34)=C2)c2ccccc21. The van der Waals surface area contributed by atoms with Crippen LogP contribution < -0.4 is 4.90 Å². The van der Waals surface area contributed by atoms with E-state index in [1.807, 2.05) is 0 Å². The van der Waals surface area contributed by atoms with Gasteiger partial charge in [-0.3, -0.25) is 0 Å². The Labute approximate surface area is 625 Å². The number of hydrogen-bond acceptors (Lipinski definition) is 2. The summed E-state index contributed by atoms with van der Waals surface area (Å²) in [5.74, 6) is 0.361. The van der Waals surface area contributed by atoms with E-state index in [-0.39, 0.29) is 27.1 Å². The zero-order valence-electron chi connectivity index (χ0n) is 64.4. The van der Waals surface area contributed by atoms with Gasteiger partial charge in [0.05, 0.1) is 5.69 Å². The van der Waals surface area contributed by atoms with Gasteiger partial charge in [-0.05, 0) is 252 Å². The molecule has 0 saturated carbocycles. The minimum Gasteiger partial charge on any atom is -0.455 e. The van der Waals surface area contributed by atoms with Crippen LogP contribution in [0, 0.1) is 13.8 Å². The first-order valence-electron chi connectivity index (χ1n) is 40.5. The molecule has 19 rings (SSSR count). The number of anilines is 3. The van der Waals surface area contributed by atoms with E-state index < -0.39 is 0 Å². The molecule has 8 aliphatic carbocycles. The van der Waals surface area contributed by atoms with Gasteiger partial charge in [0.2, 0.25) is 0 Å². The number of allylic oxidation sites excluding steroid dienone is 8. The lowest BCUT2D eigenvalue weighted by atomic mass is 9.68. The van der Waals surface area contributed by atoms with Crippen LogP contribution in [0.5, 0.6) is 0 Å². The number of unbranched alkanes of at least 4 members (excludes halogenated alkanes) is 8. The average Bonchev–Trinajstić information content (AvgIpc) is 1.51. The van der Waals surface area contributed by atoms with E-state index in [9.17, 15) is 0 Å². The van der Waals surface area contributed by atoms with Gasteiger partial charge in [0.15, 0.2) is 0 Å². The van der Waals surface area contributed by atoms with Crippen LogP contribution in [0.25, 0.3) is 83.1 Å². The third-order valence-corrected chi connectivity index (χ3v) is 27.8. The number of nitrogens with zero attached hydrogens (tertiary/aromatic N) is 1. The van der Waals surface area contributed by atoms with E-state index >= 15 is 0 Å². The minimum atomic E-state index is -0.356.